The van der Waals surface area contributed by atoms with Crippen LogP contribution in [0.5, 0.6) is 0 Å². The zero-order valence-electron chi connectivity index (χ0n) is 8.70. The highest BCUT2D eigenvalue weighted by molar-refractivity contribution is 6.40. The van der Waals surface area contributed by atoms with E-state index >= 15 is 0 Å². The summed E-state index contributed by atoms with van der Waals surface area (Å²) in [6.07, 6.45) is 0. The van der Waals surface area contributed by atoms with Gasteiger partial charge in [-0.2, -0.15) is 0 Å². The van der Waals surface area contributed by atoms with Crippen LogP contribution in [-0.4, -0.2) is 20.7 Å². The van der Waals surface area contributed by atoms with Gasteiger partial charge in [0.1, 0.15) is 7.85 Å². The van der Waals surface area contributed by atoms with Crippen molar-refractivity contribution < 1.29 is 9.53 Å². The molecule has 14 heavy (non-hydrogen) atoms. The van der Waals surface area contributed by atoms with Crippen LogP contribution in [-0.2, 0) is 4.74 Å². The number of allylic oxidation sites excluding steroid dienone is 2. The third-order valence-electron chi connectivity index (χ3n) is 2.21. The Balaban J connectivity index is 2.98. The minimum absolute atomic E-state index is 0.0185. The lowest BCUT2D eigenvalue weighted by Crippen LogP contribution is -2.06. The Morgan fingerprint density at radius 2 is 1.86 bits per heavy atom. The van der Waals surface area contributed by atoms with Gasteiger partial charge in [-0.05, 0) is 12.4 Å². The largest absolute Gasteiger partial charge is 0.502 e. The number of Topliss-reactive ketones (excluding diaryl/α,β-unsaturated/α-hetero) is 1. The normalized spacial score (nSPS) is 11.9. The fraction of sp³-hybridized carbons (Fsp3) is 0.182. The van der Waals surface area contributed by atoms with E-state index in [1.165, 1.54) is 0 Å². The summed E-state index contributed by atoms with van der Waals surface area (Å²) in [5.41, 5.74) is 1.35. The van der Waals surface area contributed by atoms with Crippen molar-refractivity contribution in [3.05, 3.63) is 47.1 Å². The quantitative estimate of drug-likeness (QED) is 0.310. The number of ketones is 1. The minimum Gasteiger partial charge on any atom is -0.502 e. The summed E-state index contributed by atoms with van der Waals surface area (Å²) in [4.78, 5) is 11.8. The fourth-order valence-electron chi connectivity index (χ4n) is 1.12. The number of carbonyl (C=O) groups excluding carboxylic acids is 1. The van der Waals surface area contributed by atoms with Crippen molar-refractivity contribution in [1.82, 2.24) is 0 Å². The molecule has 0 aromatic heterocycles. The molecule has 0 heterocycles. The topological polar surface area (TPSA) is 26.3 Å². The molecule has 0 saturated heterocycles. The van der Waals surface area contributed by atoms with Crippen molar-refractivity contribution in [2.45, 2.75) is 6.92 Å². The summed E-state index contributed by atoms with van der Waals surface area (Å²) in [6, 6.07) is 9.19. The summed E-state index contributed by atoms with van der Waals surface area (Å²) in [5, 5.41) is 0. The van der Waals surface area contributed by atoms with Gasteiger partial charge < -0.3 is 4.74 Å². The summed E-state index contributed by atoms with van der Waals surface area (Å²) < 4.78 is 5.01. The molecular weight excluding hydrogens is 175 g/mol. The van der Waals surface area contributed by atoms with Gasteiger partial charge in [0.25, 0.3) is 0 Å². The highest BCUT2D eigenvalue weighted by Crippen LogP contribution is 2.09. The molecule has 0 unspecified atom stereocenters. The van der Waals surface area contributed by atoms with Gasteiger partial charge >= 0.3 is 0 Å². The van der Waals surface area contributed by atoms with Crippen LogP contribution in [0.2, 0.25) is 0 Å². The zero-order chi connectivity index (χ0) is 10.6. The molecule has 0 spiro atoms. The van der Waals surface area contributed by atoms with Gasteiger partial charge in [0.05, 0.1) is 12.9 Å². The first kappa shape index (κ1) is 10.6. The number of hydrogen-bond acceptors (Lipinski definition) is 2. The second kappa shape index (κ2) is 4.65. The van der Waals surface area contributed by atoms with E-state index in [1.54, 1.807) is 34.0 Å². The molecule has 1 aromatic rings. The predicted octanol–water partition coefficient (Wildman–Crippen LogP) is 1.38. The molecule has 0 amide bonds. The van der Waals surface area contributed by atoms with Crippen molar-refractivity contribution in [2.24, 2.45) is 0 Å². The summed E-state index contributed by atoms with van der Waals surface area (Å²) in [5.74, 6) is 0.684. The van der Waals surface area contributed by atoms with Crippen molar-refractivity contribution in [1.29, 1.82) is 0 Å². The molecule has 1 aromatic carbocycles. The number of hydrogen-bond donors (Lipinski definition) is 0. The summed E-state index contributed by atoms with van der Waals surface area (Å²) in [7, 11) is 3.34. The van der Waals surface area contributed by atoms with Crippen molar-refractivity contribution >= 4 is 13.6 Å². The van der Waals surface area contributed by atoms with E-state index in [0.717, 1.165) is 0 Å². The average Bonchev–Trinajstić information content (AvgIpc) is 2.27. The molecule has 0 aliphatic rings. The predicted molar refractivity (Wildman–Crippen MR) is 59.0 cm³/mol. The zero-order valence-corrected chi connectivity index (χ0v) is 8.70. The SMILES string of the molecule is B/C(C(=O)c1ccccc1)=C(\C)OC. The fourth-order valence-corrected chi connectivity index (χ4v) is 1.12. The van der Waals surface area contributed by atoms with E-state index in [-0.39, 0.29) is 5.78 Å². The molecule has 0 fully saturated rings. The Kier molecular flexibility index (Phi) is 3.51. The maximum Gasteiger partial charge on any atom is 0.182 e. The first-order valence-electron chi connectivity index (χ1n) is 4.48. The number of methoxy groups -OCH3 is 1. The minimum atomic E-state index is 0.0185. The van der Waals surface area contributed by atoms with Gasteiger partial charge in [-0.15, -0.1) is 0 Å². The molecule has 0 aliphatic heterocycles. The van der Waals surface area contributed by atoms with Crippen LogP contribution in [0.25, 0.3) is 0 Å². The smallest absolute Gasteiger partial charge is 0.182 e. The first-order chi connectivity index (χ1) is 6.66. The van der Waals surface area contributed by atoms with Crippen LogP contribution in [0, 0.1) is 0 Å². The summed E-state index contributed by atoms with van der Waals surface area (Å²) >= 11 is 0. The molecule has 2 nitrogen and oxygen atoms in total. The van der Waals surface area contributed by atoms with Gasteiger partial charge in [-0.1, -0.05) is 30.3 Å². The maximum absolute atomic E-state index is 11.8. The third kappa shape index (κ3) is 2.25. The van der Waals surface area contributed by atoms with Gasteiger partial charge in [0.2, 0.25) is 0 Å². The molecule has 0 radical (unpaired) electrons. The number of ether oxygens (including phenoxy) is 1. The van der Waals surface area contributed by atoms with Gasteiger partial charge in [0.15, 0.2) is 5.78 Å². The second-order valence-corrected chi connectivity index (χ2v) is 3.08. The van der Waals surface area contributed by atoms with Crippen molar-refractivity contribution in [3.63, 3.8) is 0 Å². The van der Waals surface area contributed by atoms with E-state index in [9.17, 15) is 4.79 Å². The Bertz CT molecular complexity index is 355. The first-order valence-corrected chi connectivity index (χ1v) is 4.48. The Labute approximate surface area is 85.0 Å². The average molecular weight is 188 g/mol. The second-order valence-electron chi connectivity index (χ2n) is 3.08. The monoisotopic (exact) mass is 188 g/mol. The highest BCUT2D eigenvalue weighted by Gasteiger charge is 2.09. The number of benzene rings is 1. The Morgan fingerprint density at radius 3 is 2.36 bits per heavy atom. The van der Waals surface area contributed by atoms with E-state index < -0.39 is 0 Å². The molecule has 1 rings (SSSR count). The van der Waals surface area contributed by atoms with Crippen molar-refractivity contribution in [3.8, 4) is 0 Å². The molecule has 0 atom stereocenters. The van der Waals surface area contributed by atoms with E-state index in [0.29, 0.717) is 16.8 Å². The molecule has 3 heteroatoms. The molecular formula is C11H13BO2. The Hall–Kier alpha value is -1.51. The highest BCUT2D eigenvalue weighted by atomic mass is 16.5. The molecule has 0 bridgehead atoms. The van der Waals surface area contributed by atoms with Crippen molar-refractivity contribution in [2.75, 3.05) is 7.11 Å². The molecule has 0 saturated carbocycles. The number of rotatable bonds is 3. The lowest BCUT2D eigenvalue weighted by molar-refractivity contribution is 0.103. The molecule has 72 valence electrons. The molecule has 0 aliphatic carbocycles. The van der Waals surface area contributed by atoms with Gasteiger partial charge in [-0.3, -0.25) is 4.79 Å². The lowest BCUT2D eigenvalue weighted by Gasteiger charge is -2.05. The Morgan fingerprint density at radius 1 is 1.29 bits per heavy atom. The van der Waals surface area contributed by atoms with Gasteiger partial charge in [0, 0.05) is 5.56 Å². The van der Waals surface area contributed by atoms with Crippen LogP contribution >= 0.6 is 0 Å². The van der Waals surface area contributed by atoms with Crippen LogP contribution in [0.15, 0.2) is 41.6 Å². The van der Waals surface area contributed by atoms with Gasteiger partial charge in [-0.25, -0.2) is 0 Å². The van der Waals surface area contributed by atoms with Crippen LogP contribution < -0.4 is 0 Å². The van der Waals surface area contributed by atoms with Crippen LogP contribution in [0.4, 0.5) is 0 Å². The van der Waals surface area contributed by atoms with E-state index in [1.807, 2.05) is 18.2 Å². The lowest BCUT2D eigenvalue weighted by atomic mass is 9.87. The number of carbonyl (C=O) groups is 1. The van der Waals surface area contributed by atoms with Crippen LogP contribution in [0.1, 0.15) is 17.3 Å². The standard InChI is InChI=1S/C11H13BO2/c1-8(14-2)10(12)11(13)9-6-4-3-5-7-9/h3-7H,12H2,1-2H3/b10-8+. The van der Waals surface area contributed by atoms with E-state index in [4.69, 9.17) is 4.74 Å². The summed E-state index contributed by atoms with van der Waals surface area (Å²) in [6.45, 7) is 1.79. The maximum atomic E-state index is 11.8. The van der Waals surface area contributed by atoms with Crippen LogP contribution in [0.3, 0.4) is 0 Å². The molecule has 0 N–H and O–H groups in total. The third-order valence-corrected chi connectivity index (χ3v) is 2.21. The van der Waals surface area contributed by atoms with E-state index in [2.05, 4.69) is 0 Å².